The predicted octanol–water partition coefficient (Wildman–Crippen LogP) is 1.55. The molecular weight excluding hydrogens is 237 g/mol. The first-order valence-electron chi connectivity index (χ1n) is 4.76. The van der Waals surface area contributed by atoms with Crippen LogP contribution in [0.15, 0.2) is 18.2 Å². The monoisotopic (exact) mass is 250 g/mol. The topological polar surface area (TPSA) is 70.5 Å². The van der Waals surface area contributed by atoms with E-state index in [1.807, 2.05) is 0 Å². The van der Waals surface area contributed by atoms with Gasteiger partial charge in [0.15, 0.2) is 0 Å². The zero-order valence-corrected chi connectivity index (χ0v) is 9.12. The lowest BCUT2D eigenvalue weighted by Gasteiger charge is -2.16. The highest BCUT2D eigenvalue weighted by molar-refractivity contribution is 5.42. The normalized spacial score (nSPS) is 13.3. The molecule has 0 fully saturated rings. The molecule has 4 N–H and O–H groups in total. The van der Waals surface area contributed by atoms with Crippen LogP contribution in [0.25, 0.3) is 0 Å². The van der Waals surface area contributed by atoms with Gasteiger partial charge in [-0.2, -0.15) is 0 Å². The minimum absolute atomic E-state index is 0.163. The Morgan fingerprint density at radius 2 is 2.00 bits per heavy atom. The van der Waals surface area contributed by atoms with Crippen molar-refractivity contribution in [3.63, 3.8) is 0 Å². The number of benzene rings is 1. The van der Waals surface area contributed by atoms with Gasteiger partial charge in [-0.25, -0.2) is 0 Å². The summed E-state index contributed by atoms with van der Waals surface area (Å²) >= 11 is 0. The van der Waals surface area contributed by atoms with Gasteiger partial charge in [0.1, 0.15) is 11.5 Å². The van der Waals surface area contributed by atoms with E-state index in [1.165, 1.54) is 19.2 Å². The smallest absolute Gasteiger partial charge is 0.496 e. The molecule has 0 saturated heterocycles. The second-order valence-electron chi connectivity index (χ2n) is 3.29. The van der Waals surface area contributed by atoms with Gasteiger partial charge in [-0.05, 0) is 6.07 Å². The maximum Gasteiger partial charge on any atom is 0.573 e. The van der Waals surface area contributed by atoms with Gasteiger partial charge in [-0.1, -0.05) is 6.07 Å². The molecule has 0 amide bonds. The SMILES string of the molecule is COc1cc(OC(F)(F)F)ccc1[C@@H](N)CN. The summed E-state index contributed by atoms with van der Waals surface area (Å²) in [6.07, 6.45) is -4.73. The van der Waals surface area contributed by atoms with E-state index in [0.717, 1.165) is 6.07 Å². The van der Waals surface area contributed by atoms with E-state index in [9.17, 15) is 13.2 Å². The Labute approximate surface area is 96.3 Å². The van der Waals surface area contributed by atoms with E-state index < -0.39 is 12.4 Å². The van der Waals surface area contributed by atoms with Gasteiger partial charge in [0.25, 0.3) is 0 Å². The van der Waals surface area contributed by atoms with Crippen LogP contribution in [0.3, 0.4) is 0 Å². The van der Waals surface area contributed by atoms with Crippen LogP contribution in [0.2, 0.25) is 0 Å². The molecule has 0 aromatic heterocycles. The van der Waals surface area contributed by atoms with Crippen molar-refractivity contribution in [1.29, 1.82) is 0 Å². The van der Waals surface area contributed by atoms with Crippen molar-refractivity contribution in [2.24, 2.45) is 11.5 Å². The lowest BCUT2D eigenvalue weighted by Crippen LogP contribution is -2.21. The van der Waals surface area contributed by atoms with Crippen LogP contribution in [-0.2, 0) is 0 Å². The van der Waals surface area contributed by atoms with E-state index in [0.29, 0.717) is 5.56 Å². The minimum atomic E-state index is -4.73. The second kappa shape index (κ2) is 5.24. The van der Waals surface area contributed by atoms with Crippen molar-refractivity contribution in [2.45, 2.75) is 12.4 Å². The van der Waals surface area contributed by atoms with Gasteiger partial charge in [-0.3, -0.25) is 0 Å². The molecule has 0 aliphatic heterocycles. The Balaban J connectivity index is 3.00. The second-order valence-corrected chi connectivity index (χ2v) is 3.29. The zero-order chi connectivity index (χ0) is 13.1. The quantitative estimate of drug-likeness (QED) is 0.850. The molecule has 1 atom stereocenters. The summed E-state index contributed by atoms with van der Waals surface area (Å²) in [4.78, 5) is 0. The summed E-state index contributed by atoms with van der Waals surface area (Å²) < 4.78 is 44.7. The van der Waals surface area contributed by atoms with Crippen molar-refractivity contribution < 1.29 is 22.6 Å². The summed E-state index contributed by atoms with van der Waals surface area (Å²) in [6.45, 7) is 0.163. The summed E-state index contributed by atoms with van der Waals surface area (Å²) in [5, 5.41) is 0. The lowest BCUT2D eigenvalue weighted by molar-refractivity contribution is -0.274. The summed E-state index contributed by atoms with van der Waals surface area (Å²) in [5.41, 5.74) is 11.6. The number of alkyl halides is 3. The molecule has 96 valence electrons. The highest BCUT2D eigenvalue weighted by Gasteiger charge is 2.31. The third kappa shape index (κ3) is 3.79. The molecule has 0 heterocycles. The molecule has 0 radical (unpaired) electrons. The molecule has 0 unspecified atom stereocenters. The molecule has 0 saturated carbocycles. The fraction of sp³-hybridized carbons (Fsp3) is 0.400. The molecule has 0 spiro atoms. The maximum absolute atomic E-state index is 12.0. The van der Waals surface area contributed by atoms with E-state index in [4.69, 9.17) is 16.2 Å². The van der Waals surface area contributed by atoms with Gasteiger partial charge >= 0.3 is 6.36 Å². The van der Waals surface area contributed by atoms with Crippen LogP contribution in [-0.4, -0.2) is 20.0 Å². The molecule has 0 aliphatic rings. The fourth-order valence-electron chi connectivity index (χ4n) is 1.32. The number of hydrogen-bond acceptors (Lipinski definition) is 4. The van der Waals surface area contributed by atoms with Crippen molar-refractivity contribution in [1.82, 2.24) is 0 Å². The molecule has 7 heteroatoms. The number of halogens is 3. The molecule has 1 rings (SSSR count). The average Bonchev–Trinajstić information content (AvgIpc) is 2.25. The van der Waals surface area contributed by atoms with Gasteiger partial charge in [0, 0.05) is 24.2 Å². The number of methoxy groups -OCH3 is 1. The molecule has 17 heavy (non-hydrogen) atoms. The van der Waals surface area contributed by atoms with E-state index in [2.05, 4.69) is 4.74 Å². The van der Waals surface area contributed by atoms with Crippen LogP contribution < -0.4 is 20.9 Å². The maximum atomic E-state index is 12.0. The third-order valence-electron chi connectivity index (χ3n) is 2.09. The van der Waals surface area contributed by atoms with Crippen molar-refractivity contribution >= 4 is 0 Å². The Bertz CT molecular complexity index is 382. The first kappa shape index (κ1) is 13.6. The summed E-state index contributed by atoms with van der Waals surface area (Å²) in [7, 11) is 1.33. The highest BCUT2D eigenvalue weighted by atomic mass is 19.4. The number of rotatable bonds is 4. The third-order valence-corrected chi connectivity index (χ3v) is 2.09. The zero-order valence-electron chi connectivity index (χ0n) is 9.12. The Hall–Kier alpha value is -1.47. The molecule has 0 bridgehead atoms. The van der Waals surface area contributed by atoms with Crippen LogP contribution in [0, 0.1) is 0 Å². The molecule has 4 nitrogen and oxygen atoms in total. The number of nitrogens with two attached hydrogens (primary N) is 2. The Morgan fingerprint density at radius 1 is 1.35 bits per heavy atom. The number of hydrogen-bond donors (Lipinski definition) is 2. The largest absolute Gasteiger partial charge is 0.573 e. The minimum Gasteiger partial charge on any atom is -0.496 e. The van der Waals surface area contributed by atoms with Crippen molar-refractivity contribution in [3.8, 4) is 11.5 Å². The van der Waals surface area contributed by atoms with Crippen LogP contribution in [0.5, 0.6) is 11.5 Å². The predicted molar refractivity (Wildman–Crippen MR) is 55.7 cm³/mol. The van der Waals surface area contributed by atoms with Crippen LogP contribution >= 0.6 is 0 Å². The first-order valence-corrected chi connectivity index (χ1v) is 4.76. The first-order chi connectivity index (χ1) is 7.87. The van der Waals surface area contributed by atoms with Gasteiger partial charge in [0.05, 0.1) is 7.11 Å². The van der Waals surface area contributed by atoms with Crippen molar-refractivity contribution in [2.75, 3.05) is 13.7 Å². The van der Waals surface area contributed by atoms with E-state index in [-0.39, 0.29) is 18.0 Å². The average molecular weight is 250 g/mol. The molecule has 1 aromatic rings. The molecular formula is C10H13F3N2O2. The van der Waals surface area contributed by atoms with E-state index in [1.54, 1.807) is 0 Å². The van der Waals surface area contributed by atoms with Gasteiger partial charge in [0.2, 0.25) is 0 Å². The molecule has 1 aromatic carbocycles. The Morgan fingerprint density at radius 3 is 2.47 bits per heavy atom. The van der Waals surface area contributed by atoms with Gasteiger partial charge < -0.3 is 20.9 Å². The van der Waals surface area contributed by atoms with Crippen molar-refractivity contribution in [3.05, 3.63) is 23.8 Å². The summed E-state index contributed by atoms with van der Waals surface area (Å²) in [5.74, 6) is -0.146. The van der Waals surface area contributed by atoms with E-state index >= 15 is 0 Å². The van der Waals surface area contributed by atoms with Crippen LogP contribution in [0.4, 0.5) is 13.2 Å². The Kier molecular flexibility index (Phi) is 4.19. The number of ether oxygens (including phenoxy) is 2. The van der Waals surface area contributed by atoms with Crippen LogP contribution in [0.1, 0.15) is 11.6 Å². The lowest BCUT2D eigenvalue weighted by atomic mass is 10.1. The highest BCUT2D eigenvalue weighted by Crippen LogP contribution is 2.31. The fourth-order valence-corrected chi connectivity index (χ4v) is 1.32. The molecule has 0 aliphatic carbocycles. The summed E-state index contributed by atoms with van der Waals surface area (Å²) in [6, 6.07) is 3.20. The standard InChI is InChI=1S/C10H13F3N2O2/c1-16-9-4-6(17-10(11,12)13)2-3-7(9)8(15)5-14/h2-4,8H,5,14-15H2,1H3/t8-/m0/s1. The van der Waals surface area contributed by atoms with Gasteiger partial charge in [-0.15, -0.1) is 13.2 Å².